The van der Waals surface area contributed by atoms with Crippen LogP contribution >= 0.6 is 11.3 Å². The van der Waals surface area contributed by atoms with Crippen LogP contribution in [0.1, 0.15) is 90.1 Å². The molecule has 11 rings (SSSR count). The number of furan rings is 1. The Hall–Kier alpha value is -6.30. The molecule has 0 aliphatic carbocycles. The van der Waals surface area contributed by atoms with Crippen molar-refractivity contribution >= 4 is 89.8 Å². The summed E-state index contributed by atoms with van der Waals surface area (Å²) in [7, 11) is 0. The Morgan fingerprint density at radius 1 is 0.492 bits per heavy atom. The lowest BCUT2D eigenvalue weighted by Gasteiger charge is -2.43. The van der Waals surface area contributed by atoms with E-state index < -0.39 is 0 Å². The van der Waals surface area contributed by atoms with E-state index in [0.29, 0.717) is 0 Å². The van der Waals surface area contributed by atoms with E-state index in [1.165, 1.54) is 98.3 Å². The second-order valence-electron chi connectivity index (χ2n) is 21.6. The highest BCUT2D eigenvalue weighted by Gasteiger charge is 2.47. The maximum Gasteiger partial charge on any atom is 0.257 e. The molecular formula is C60H57BN2OS. The summed E-state index contributed by atoms with van der Waals surface area (Å²) in [5.41, 5.74) is 20.6. The first kappa shape index (κ1) is 41.4. The topological polar surface area (TPSA) is 19.6 Å². The van der Waals surface area contributed by atoms with E-state index >= 15 is 0 Å². The molecule has 3 nitrogen and oxygen atoms in total. The van der Waals surface area contributed by atoms with Crippen molar-refractivity contribution in [1.29, 1.82) is 0 Å². The molecular weight excluding hydrogens is 808 g/mol. The smallest absolute Gasteiger partial charge is 0.257 e. The second kappa shape index (κ2) is 14.6. The molecule has 0 unspecified atom stereocenters. The third-order valence-electron chi connectivity index (χ3n) is 14.0. The zero-order valence-corrected chi connectivity index (χ0v) is 40.5. The predicted octanol–water partition coefficient (Wildman–Crippen LogP) is 15.6. The lowest BCUT2D eigenvalue weighted by Crippen LogP contribution is -2.61. The highest BCUT2D eigenvalue weighted by molar-refractivity contribution is 7.22. The fourth-order valence-corrected chi connectivity index (χ4v) is 11.5. The zero-order valence-electron chi connectivity index (χ0n) is 39.6. The fourth-order valence-electron chi connectivity index (χ4n) is 10.5. The molecule has 0 atom stereocenters. The van der Waals surface area contributed by atoms with Crippen LogP contribution in [0.25, 0.3) is 42.6 Å². The summed E-state index contributed by atoms with van der Waals surface area (Å²) in [6.07, 6.45) is 0. The molecule has 322 valence electrons. The number of hydrogen-bond donors (Lipinski definition) is 0. The van der Waals surface area contributed by atoms with E-state index in [-0.39, 0.29) is 23.0 Å². The van der Waals surface area contributed by atoms with Gasteiger partial charge in [0, 0.05) is 43.1 Å². The SMILES string of the molecule is Cc1cc(C(C)(C)C)cc(C)c1N1c2cccc3c2B(c2ccc(-c4cc5ccccc5s4)cc2N3c2ccc(C(C)(C)C)cc2-c2ccccc2)c2c1oc1ccc(C(C)(C)C)cc21. The molecule has 0 radical (unpaired) electrons. The summed E-state index contributed by atoms with van der Waals surface area (Å²) in [5, 5.41) is 2.45. The summed E-state index contributed by atoms with van der Waals surface area (Å²) in [6.45, 7) is 25.2. The lowest BCUT2D eigenvalue weighted by molar-refractivity contribution is 0.588. The minimum atomic E-state index is -0.0879. The Labute approximate surface area is 389 Å². The minimum Gasteiger partial charge on any atom is -0.440 e. The van der Waals surface area contributed by atoms with Crippen LogP contribution in [0.2, 0.25) is 0 Å². The largest absolute Gasteiger partial charge is 0.440 e. The molecule has 2 aromatic heterocycles. The molecule has 4 heterocycles. The van der Waals surface area contributed by atoms with Crippen LogP contribution in [0.4, 0.5) is 34.3 Å². The van der Waals surface area contributed by atoms with Gasteiger partial charge in [0.15, 0.2) is 0 Å². The van der Waals surface area contributed by atoms with Crippen molar-refractivity contribution in [3.63, 3.8) is 0 Å². The molecule has 2 aliphatic rings. The quantitative estimate of drug-likeness (QED) is 0.164. The molecule has 65 heavy (non-hydrogen) atoms. The van der Waals surface area contributed by atoms with Crippen LogP contribution in [0.15, 0.2) is 150 Å². The molecule has 0 fully saturated rings. The number of thiophene rings is 1. The van der Waals surface area contributed by atoms with Gasteiger partial charge in [0.05, 0.1) is 11.4 Å². The molecule has 0 saturated carbocycles. The van der Waals surface area contributed by atoms with Gasteiger partial charge in [-0.1, -0.05) is 153 Å². The first-order chi connectivity index (χ1) is 31.0. The second-order valence-corrected chi connectivity index (χ2v) is 22.7. The van der Waals surface area contributed by atoms with Crippen LogP contribution in [-0.2, 0) is 16.2 Å². The molecule has 5 heteroatoms. The predicted molar refractivity (Wildman–Crippen MR) is 282 cm³/mol. The van der Waals surface area contributed by atoms with Gasteiger partial charge in [-0.25, -0.2) is 0 Å². The highest BCUT2D eigenvalue weighted by atomic mass is 32.1. The number of aryl methyl sites for hydroxylation is 2. The van der Waals surface area contributed by atoms with Gasteiger partial charge in [-0.15, -0.1) is 11.3 Å². The van der Waals surface area contributed by atoms with Crippen LogP contribution in [0.5, 0.6) is 0 Å². The average Bonchev–Trinajstić information content (AvgIpc) is 3.88. The van der Waals surface area contributed by atoms with E-state index in [1.54, 1.807) is 0 Å². The van der Waals surface area contributed by atoms with Crippen LogP contribution in [0.3, 0.4) is 0 Å². The standard InChI is InChI=1S/C60H57BN2OS/c1-36-30-43(60(9,10)11)31-37(2)56(36)63-49-22-17-21-48-55(49)61(54-45-35-42(59(6,7)8)26-29-51(45)64-57(54)63)46-27-24-40(53-33-39-20-15-16-23-52(39)65-53)32-50(46)62(48)47-28-25-41(58(3,4)5)34-44(47)38-18-13-12-14-19-38/h12-35H,1-11H3. The van der Waals surface area contributed by atoms with E-state index in [4.69, 9.17) is 4.42 Å². The highest BCUT2D eigenvalue weighted by Crippen LogP contribution is 2.50. The first-order valence-corrected chi connectivity index (χ1v) is 24.0. The van der Waals surface area contributed by atoms with Gasteiger partial charge in [0.1, 0.15) is 5.58 Å². The normalized spacial score (nSPS) is 13.7. The average molecular weight is 865 g/mol. The van der Waals surface area contributed by atoms with Gasteiger partial charge in [0.2, 0.25) is 5.88 Å². The molecule has 2 aliphatic heterocycles. The number of hydrogen-bond acceptors (Lipinski definition) is 4. The van der Waals surface area contributed by atoms with Crippen molar-refractivity contribution < 1.29 is 4.42 Å². The van der Waals surface area contributed by atoms with E-state index in [2.05, 4.69) is 232 Å². The van der Waals surface area contributed by atoms with Gasteiger partial charge in [-0.3, -0.25) is 4.90 Å². The fraction of sp³-hybridized carbons (Fsp3) is 0.233. The van der Waals surface area contributed by atoms with E-state index in [1.807, 2.05) is 11.3 Å². The van der Waals surface area contributed by atoms with Gasteiger partial charge < -0.3 is 9.32 Å². The number of benzene rings is 7. The monoisotopic (exact) mass is 864 g/mol. The maximum atomic E-state index is 7.27. The zero-order chi connectivity index (χ0) is 45.3. The molecule has 7 aromatic carbocycles. The summed E-state index contributed by atoms with van der Waals surface area (Å²) < 4.78 is 8.57. The first-order valence-electron chi connectivity index (χ1n) is 23.2. The third-order valence-corrected chi connectivity index (χ3v) is 15.1. The Morgan fingerprint density at radius 2 is 1.14 bits per heavy atom. The van der Waals surface area contributed by atoms with Gasteiger partial charge in [0.25, 0.3) is 6.71 Å². The lowest BCUT2D eigenvalue weighted by atomic mass is 9.33. The third kappa shape index (κ3) is 6.68. The van der Waals surface area contributed by atoms with Crippen molar-refractivity contribution in [1.82, 2.24) is 0 Å². The number of nitrogens with zero attached hydrogens (tertiary/aromatic N) is 2. The molecule has 0 amide bonds. The molecule has 0 saturated heterocycles. The molecule has 0 spiro atoms. The Morgan fingerprint density at radius 3 is 1.83 bits per heavy atom. The van der Waals surface area contributed by atoms with Gasteiger partial charge in [-0.05, 0) is 140 Å². The summed E-state index contributed by atoms with van der Waals surface area (Å²) >= 11 is 1.87. The van der Waals surface area contributed by atoms with Crippen molar-refractivity contribution in [2.45, 2.75) is 92.4 Å². The molecule has 0 bridgehead atoms. The number of fused-ring (bicyclic) bond motifs is 7. The maximum absolute atomic E-state index is 7.27. The summed E-state index contributed by atoms with van der Waals surface area (Å²) in [6, 6.07) is 55.1. The van der Waals surface area contributed by atoms with Crippen molar-refractivity contribution in [3.8, 4) is 21.6 Å². The number of anilines is 6. The van der Waals surface area contributed by atoms with Gasteiger partial charge >= 0.3 is 0 Å². The summed E-state index contributed by atoms with van der Waals surface area (Å²) in [5.74, 6) is 0.905. The Kier molecular flexibility index (Phi) is 9.31. The van der Waals surface area contributed by atoms with E-state index in [9.17, 15) is 0 Å². The summed E-state index contributed by atoms with van der Waals surface area (Å²) in [4.78, 5) is 6.32. The van der Waals surface area contributed by atoms with Crippen molar-refractivity contribution in [3.05, 3.63) is 173 Å². The van der Waals surface area contributed by atoms with Gasteiger partial charge in [-0.2, -0.15) is 0 Å². The van der Waals surface area contributed by atoms with Crippen molar-refractivity contribution in [2.75, 3.05) is 9.80 Å². The number of rotatable bonds is 4. The van der Waals surface area contributed by atoms with Crippen LogP contribution in [-0.4, -0.2) is 6.71 Å². The van der Waals surface area contributed by atoms with Crippen molar-refractivity contribution in [2.24, 2.45) is 0 Å². The molecule has 9 aromatic rings. The van der Waals surface area contributed by atoms with E-state index in [0.717, 1.165) is 22.8 Å². The molecule has 0 N–H and O–H groups in total. The van der Waals surface area contributed by atoms with Crippen LogP contribution in [0, 0.1) is 13.8 Å². The Balaban J connectivity index is 1.26. The van der Waals surface area contributed by atoms with Crippen LogP contribution < -0.4 is 26.2 Å². The minimum absolute atomic E-state index is 0.0126. The Bertz CT molecular complexity index is 3310.